The third-order valence-electron chi connectivity index (χ3n) is 2.37. The number of fused-ring (bicyclic) bond motifs is 1. The van der Waals surface area contributed by atoms with E-state index < -0.39 is 11.8 Å². The molecule has 0 spiro atoms. The molecule has 0 saturated heterocycles. The van der Waals surface area contributed by atoms with Gasteiger partial charge in [0.1, 0.15) is 11.8 Å². The van der Waals surface area contributed by atoms with Crippen LogP contribution in [-0.4, -0.2) is 11.8 Å². The second kappa shape index (κ2) is 1.07. The maximum atomic E-state index is 12.7. The van der Waals surface area contributed by atoms with Crippen molar-refractivity contribution >= 4 is 0 Å². The molecule has 2 fully saturated rings. The zero-order valence-electron chi connectivity index (χ0n) is 4.53. The molecule has 2 aliphatic carbocycles. The number of rotatable bonds is 0. The van der Waals surface area contributed by atoms with Crippen molar-refractivity contribution in [2.75, 3.05) is 0 Å². The van der Waals surface area contributed by atoms with E-state index in [9.17, 15) is 8.78 Å². The van der Waals surface area contributed by atoms with Crippen LogP contribution in [0.2, 0.25) is 0 Å². The van der Waals surface area contributed by atoms with Crippen LogP contribution in [0.4, 0.5) is 8.78 Å². The SMILES string of the molecule is FC1CCC2CC12F. The quantitative estimate of drug-likeness (QED) is 0.455. The van der Waals surface area contributed by atoms with Gasteiger partial charge in [0.15, 0.2) is 0 Å². The molecule has 8 heavy (non-hydrogen) atoms. The summed E-state index contributed by atoms with van der Waals surface area (Å²) in [6, 6.07) is 0. The minimum absolute atomic E-state index is 0.0949. The zero-order chi connectivity index (χ0) is 5.78. The summed E-state index contributed by atoms with van der Waals surface area (Å²) in [6.45, 7) is 0. The summed E-state index contributed by atoms with van der Waals surface area (Å²) in [4.78, 5) is 0. The van der Waals surface area contributed by atoms with Gasteiger partial charge < -0.3 is 0 Å². The maximum absolute atomic E-state index is 12.7. The molecular weight excluding hydrogens is 110 g/mol. The Morgan fingerprint density at radius 2 is 2.12 bits per heavy atom. The van der Waals surface area contributed by atoms with Gasteiger partial charge in [0.2, 0.25) is 0 Å². The van der Waals surface area contributed by atoms with Gasteiger partial charge in [-0.3, -0.25) is 0 Å². The van der Waals surface area contributed by atoms with Gasteiger partial charge in [0.25, 0.3) is 0 Å². The summed E-state index contributed by atoms with van der Waals surface area (Å²) in [5.41, 5.74) is -1.35. The van der Waals surface area contributed by atoms with E-state index in [-0.39, 0.29) is 5.92 Å². The molecule has 2 rings (SSSR count). The molecule has 46 valence electrons. The van der Waals surface area contributed by atoms with Crippen molar-refractivity contribution in [3.63, 3.8) is 0 Å². The zero-order valence-corrected chi connectivity index (χ0v) is 4.53. The third-order valence-corrected chi connectivity index (χ3v) is 2.37. The molecule has 0 aromatic rings. The second-order valence-electron chi connectivity index (χ2n) is 2.87. The van der Waals surface area contributed by atoms with Crippen molar-refractivity contribution < 1.29 is 8.78 Å². The van der Waals surface area contributed by atoms with Crippen LogP contribution in [0.15, 0.2) is 0 Å². The normalized spacial score (nSPS) is 60.8. The Hall–Kier alpha value is -0.140. The summed E-state index contributed by atoms with van der Waals surface area (Å²) >= 11 is 0. The largest absolute Gasteiger partial charge is 0.244 e. The molecule has 3 atom stereocenters. The summed E-state index contributed by atoms with van der Waals surface area (Å²) in [5.74, 6) is 0.0949. The summed E-state index contributed by atoms with van der Waals surface area (Å²) in [5, 5.41) is 0. The Morgan fingerprint density at radius 1 is 1.38 bits per heavy atom. The Morgan fingerprint density at radius 3 is 2.25 bits per heavy atom. The topological polar surface area (TPSA) is 0 Å². The van der Waals surface area contributed by atoms with Crippen LogP contribution >= 0.6 is 0 Å². The lowest BCUT2D eigenvalue weighted by atomic mass is 10.2. The lowest BCUT2D eigenvalue weighted by molar-refractivity contribution is 0.158. The molecule has 0 amide bonds. The van der Waals surface area contributed by atoms with Crippen molar-refractivity contribution in [3.8, 4) is 0 Å². The molecule has 0 aliphatic heterocycles. The van der Waals surface area contributed by atoms with E-state index in [1.165, 1.54) is 0 Å². The first-order valence-corrected chi connectivity index (χ1v) is 3.06. The summed E-state index contributed by atoms with van der Waals surface area (Å²) in [7, 11) is 0. The molecule has 0 bridgehead atoms. The standard InChI is InChI=1S/C6H8F2/c7-5-2-1-4-3-6(4,5)8/h4-5H,1-3H2. The van der Waals surface area contributed by atoms with Crippen LogP contribution in [0.1, 0.15) is 19.3 Å². The lowest BCUT2D eigenvalue weighted by Crippen LogP contribution is -2.13. The van der Waals surface area contributed by atoms with Gasteiger partial charge in [0.05, 0.1) is 0 Å². The summed E-state index contributed by atoms with van der Waals surface area (Å²) in [6.07, 6.45) is 0.597. The Bertz CT molecular complexity index is 122. The van der Waals surface area contributed by atoms with Gasteiger partial charge >= 0.3 is 0 Å². The monoisotopic (exact) mass is 118 g/mol. The minimum atomic E-state index is -1.35. The van der Waals surface area contributed by atoms with Gasteiger partial charge in [-0.15, -0.1) is 0 Å². The van der Waals surface area contributed by atoms with Crippen molar-refractivity contribution in [1.82, 2.24) is 0 Å². The number of hydrogen-bond acceptors (Lipinski definition) is 0. The highest BCUT2D eigenvalue weighted by Gasteiger charge is 2.64. The van der Waals surface area contributed by atoms with Crippen LogP contribution in [0.3, 0.4) is 0 Å². The Kier molecular flexibility index (Phi) is 0.628. The van der Waals surface area contributed by atoms with E-state index in [2.05, 4.69) is 0 Å². The molecule has 2 saturated carbocycles. The fourth-order valence-electron chi connectivity index (χ4n) is 1.63. The van der Waals surface area contributed by atoms with Gasteiger partial charge in [0, 0.05) is 0 Å². The van der Waals surface area contributed by atoms with E-state index in [0.717, 1.165) is 6.42 Å². The molecule has 0 N–H and O–H groups in total. The van der Waals surface area contributed by atoms with Crippen molar-refractivity contribution in [1.29, 1.82) is 0 Å². The number of alkyl halides is 2. The molecule has 0 aromatic heterocycles. The van der Waals surface area contributed by atoms with Crippen LogP contribution in [0.25, 0.3) is 0 Å². The molecule has 2 aliphatic rings. The first kappa shape index (κ1) is 4.71. The fraction of sp³-hybridized carbons (Fsp3) is 1.00. The van der Waals surface area contributed by atoms with Gasteiger partial charge in [-0.1, -0.05) is 0 Å². The van der Waals surface area contributed by atoms with Gasteiger partial charge in [-0.25, -0.2) is 8.78 Å². The molecule has 0 aromatic carbocycles. The number of halogens is 2. The first-order chi connectivity index (χ1) is 3.73. The number of hydrogen-bond donors (Lipinski definition) is 0. The molecular formula is C6H8F2. The van der Waals surface area contributed by atoms with Crippen molar-refractivity contribution in [2.24, 2.45) is 5.92 Å². The van der Waals surface area contributed by atoms with Crippen LogP contribution < -0.4 is 0 Å². The highest BCUT2D eigenvalue weighted by molar-refractivity contribution is 5.13. The van der Waals surface area contributed by atoms with Crippen molar-refractivity contribution in [3.05, 3.63) is 0 Å². The minimum Gasteiger partial charge on any atom is -0.244 e. The highest BCUT2D eigenvalue weighted by atomic mass is 19.2. The summed E-state index contributed by atoms with van der Waals surface area (Å²) < 4.78 is 25.1. The van der Waals surface area contributed by atoms with Gasteiger partial charge in [-0.2, -0.15) is 0 Å². The predicted octanol–water partition coefficient (Wildman–Crippen LogP) is 1.85. The maximum Gasteiger partial charge on any atom is 0.145 e. The van der Waals surface area contributed by atoms with E-state index in [0.29, 0.717) is 12.8 Å². The molecule has 3 unspecified atom stereocenters. The lowest BCUT2D eigenvalue weighted by Gasteiger charge is -2.02. The second-order valence-corrected chi connectivity index (χ2v) is 2.87. The molecule has 0 nitrogen and oxygen atoms in total. The average Bonchev–Trinajstić information content (AvgIpc) is 2.31. The van der Waals surface area contributed by atoms with E-state index in [1.807, 2.05) is 0 Å². The van der Waals surface area contributed by atoms with Crippen LogP contribution in [0.5, 0.6) is 0 Å². The fourth-order valence-corrected chi connectivity index (χ4v) is 1.63. The van der Waals surface area contributed by atoms with Crippen molar-refractivity contribution in [2.45, 2.75) is 31.1 Å². The highest BCUT2D eigenvalue weighted by Crippen LogP contribution is 2.59. The first-order valence-electron chi connectivity index (χ1n) is 3.06. The third kappa shape index (κ3) is 0.351. The van der Waals surface area contributed by atoms with E-state index >= 15 is 0 Å². The van der Waals surface area contributed by atoms with Gasteiger partial charge in [-0.05, 0) is 25.2 Å². The molecule has 0 radical (unpaired) electrons. The average molecular weight is 118 g/mol. The van der Waals surface area contributed by atoms with E-state index in [1.54, 1.807) is 0 Å². The molecule has 2 heteroatoms. The van der Waals surface area contributed by atoms with E-state index in [4.69, 9.17) is 0 Å². The Balaban J connectivity index is 2.19. The molecule has 0 heterocycles. The predicted molar refractivity (Wildman–Crippen MR) is 26.1 cm³/mol. The smallest absolute Gasteiger partial charge is 0.145 e. The van der Waals surface area contributed by atoms with Crippen LogP contribution in [-0.2, 0) is 0 Å². The Labute approximate surface area is 46.9 Å². The van der Waals surface area contributed by atoms with Crippen LogP contribution in [0, 0.1) is 5.92 Å².